The predicted octanol–water partition coefficient (Wildman–Crippen LogP) is 2.94. The first-order chi connectivity index (χ1) is 9.80. The predicted molar refractivity (Wildman–Crippen MR) is 81.8 cm³/mol. The van der Waals surface area contributed by atoms with Crippen molar-refractivity contribution in [2.45, 2.75) is 22.0 Å². The van der Waals surface area contributed by atoms with Crippen molar-refractivity contribution in [1.29, 1.82) is 0 Å². The lowest BCUT2D eigenvalue weighted by Crippen LogP contribution is -2.39. The summed E-state index contributed by atoms with van der Waals surface area (Å²) in [6, 6.07) is 5.42. The average Bonchev–Trinajstić information content (AvgIpc) is 2.92. The molecule has 0 radical (unpaired) electrons. The van der Waals surface area contributed by atoms with Gasteiger partial charge in [0.2, 0.25) is 3.79 Å². The highest BCUT2D eigenvalue weighted by Gasteiger charge is 2.42. The molecule has 114 valence electrons. The molecule has 0 aliphatic heterocycles. The summed E-state index contributed by atoms with van der Waals surface area (Å²) in [6.45, 7) is 0. The number of halogens is 4. The Morgan fingerprint density at radius 1 is 1.10 bits per heavy atom. The fourth-order valence-electron chi connectivity index (χ4n) is 1.88. The minimum Gasteiger partial charge on any atom is -0.386 e. The zero-order valence-corrected chi connectivity index (χ0v) is 13.5. The normalized spacial score (nSPS) is 16.5. The van der Waals surface area contributed by atoms with Gasteiger partial charge in [0.15, 0.2) is 0 Å². The third-order valence-corrected chi connectivity index (χ3v) is 3.86. The van der Waals surface area contributed by atoms with Gasteiger partial charge in [0.05, 0.1) is 0 Å². The van der Waals surface area contributed by atoms with Gasteiger partial charge in [0.25, 0.3) is 0 Å². The zero-order valence-electron chi connectivity index (χ0n) is 10.4. The molecule has 0 amide bonds. The number of alkyl halides is 3. The molecular formula is C12H11Cl4N3O2. The van der Waals surface area contributed by atoms with Gasteiger partial charge in [-0.25, -0.2) is 9.67 Å². The van der Waals surface area contributed by atoms with Gasteiger partial charge in [-0.15, -0.1) is 0 Å². The summed E-state index contributed by atoms with van der Waals surface area (Å²) < 4.78 is -0.754. The quantitative estimate of drug-likeness (QED) is 0.811. The van der Waals surface area contributed by atoms with Crippen LogP contribution in [-0.4, -0.2) is 34.9 Å². The molecule has 2 rings (SSSR count). The van der Waals surface area contributed by atoms with Crippen molar-refractivity contribution in [2.24, 2.45) is 0 Å². The molecule has 0 fully saturated rings. The Bertz CT molecular complexity index is 571. The van der Waals surface area contributed by atoms with Gasteiger partial charge in [-0.3, -0.25) is 0 Å². The molecule has 1 aromatic heterocycles. The highest BCUT2D eigenvalue weighted by Crippen LogP contribution is 2.40. The van der Waals surface area contributed by atoms with E-state index in [-0.39, 0.29) is 0 Å². The zero-order chi connectivity index (χ0) is 15.6. The Balaban J connectivity index is 2.38. The minimum atomic E-state index is -2.00. The highest BCUT2D eigenvalue weighted by molar-refractivity contribution is 6.68. The van der Waals surface area contributed by atoms with E-state index in [1.807, 2.05) is 0 Å². The van der Waals surface area contributed by atoms with E-state index in [1.165, 1.54) is 17.3 Å². The maximum absolute atomic E-state index is 10.5. The van der Waals surface area contributed by atoms with E-state index in [0.717, 1.165) is 0 Å². The number of hydrogen-bond donors (Lipinski definition) is 2. The number of benzene rings is 1. The second-order valence-electron chi connectivity index (χ2n) is 4.35. The smallest absolute Gasteiger partial charge is 0.218 e. The van der Waals surface area contributed by atoms with E-state index in [2.05, 4.69) is 10.1 Å². The van der Waals surface area contributed by atoms with E-state index >= 15 is 0 Å². The van der Waals surface area contributed by atoms with Crippen molar-refractivity contribution >= 4 is 46.4 Å². The average molecular weight is 371 g/mol. The third kappa shape index (κ3) is 4.00. The van der Waals surface area contributed by atoms with Crippen molar-refractivity contribution in [3.8, 4) is 0 Å². The van der Waals surface area contributed by atoms with E-state index in [9.17, 15) is 10.2 Å². The van der Waals surface area contributed by atoms with Gasteiger partial charge in [0, 0.05) is 5.02 Å². The molecule has 2 N–H and O–H groups in total. The first-order valence-corrected chi connectivity index (χ1v) is 7.34. The summed E-state index contributed by atoms with van der Waals surface area (Å²) in [4.78, 5) is 3.78. The second kappa shape index (κ2) is 6.69. The van der Waals surface area contributed by atoms with Crippen LogP contribution in [0, 0.1) is 0 Å². The van der Waals surface area contributed by atoms with Crippen LogP contribution in [0.2, 0.25) is 5.02 Å². The molecule has 0 saturated heterocycles. The molecule has 5 nitrogen and oxygen atoms in total. The summed E-state index contributed by atoms with van der Waals surface area (Å²) in [7, 11) is 0. The number of nitrogens with zero attached hydrogens (tertiary/aromatic N) is 3. The van der Waals surface area contributed by atoms with Crippen LogP contribution in [0.1, 0.15) is 17.7 Å². The number of rotatable bonds is 4. The van der Waals surface area contributed by atoms with Crippen LogP contribution >= 0.6 is 46.4 Å². The lowest BCUT2D eigenvalue weighted by molar-refractivity contribution is 0.0144. The SMILES string of the molecule is OC(c1ccc(Cl)cc1)C(C(O)C(Cl)(Cl)Cl)n1cncn1. The molecule has 21 heavy (non-hydrogen) atoms. The lowest BCUT2D eigenvalue weighted by atomic mass is 9.98. The van der Waals surface area contributed by atoms with Crippen LogP contribution in [0.3, 0.4) is 0 Å². The van der Waals surface area contributed by atoms with Crippen molar-refractivity contribution < 1.29 is 10.2 Å². The summed E-state index contributed by atoms with van der Waals surface area (Å²) >= 11 is 23.0. The van der Waals surface area contributed by atoms with Gasteiger partial charge < -0.3 is 10.2 Å². The van der Waals surface area contributed by atoms with Gasteiger partial charge in [-0.1, -0.05) is 58.5 Å². The summed E-state index contributed by atoms with van der Waals surface area (Å²) in [5.41, 5.74) is 0.494. The molecular weight excluding hydrogens is 360 g/mol. The van der Waals surface area contributed by atoms with E-state index in [0.29, 0.717) is 10.6 Å². The van der Waals surface area contributed by atoms with Crippen LogP contribution in [0.25, 0.3) is 0 Å². The number of aromatic nitrogens is 3. The highest BCUT2D eigenvalue weighted by atomic mass is 35.6. The third-order valence-electron chi connectivity index (χ3n) is 2.94. The lowest BCUT2D eigenvalue weighted by Gasteiger charge is -2.31. The van der Waals surface area contributed by atoms with Gasteiger partial charge >= 0.3 is 0 Å². The molecule has 9 heteroatoms. The Morgan fingerprint density at radius 3 is 2.19 bits per heavy atom. The van der Waals surface area contributed by atoms with Crippen molar-refractivity contribution in [3.63, 3.8) is 0 Å². The molecule has 0 spiro atoms. The van der Waals surface area contributed by atoms with Crippen LogP contribution in [0.5, 0.6) is 0 Å². The van der Waals surface area contributed by atoms with Crippen LogP contribution < -0.4 is 0 Å². The molecule has 0 saturated carbocycles. The van der Waals surface area contributed by atoms with Crippen molar-refractivity contribution in [1.82, 2.24) is 14.8 Å². The van der Waals surface area contributed by atoms with E-state index in [1.54, 1.807) is 24.3 Å². The first-order valence-electron chi connectivity index (χ1n) is 5.83. The Kier molecular flexibility index (Phi) is 5.35. The Morgan fingerprint density at radius 2 is 1.71 bits per heavy atom. The molecule has 0 aliphatic carbocycles. The van der Waals surface area contributed by atoms with Crippen LogP contribution in [-0.2, 0) is 0 Å². The van der Waals surface area contributed by atoms with Gasteiger partial charge in [-0.2, -0.15) is 5.10 Å². The van der Waals surface area contributed by atoms with E-state index in [4.69, 9.17) is 46.4 Å². The molecule has 0 aliphatic rings. The van der Waals surface area contributed by atoms with Crippen LogP contribution in [0.4, 0.5) is 0 Å². The van der Waals surface area contributed by atoms with Crippen molar-refractivity contribution in [3.05, 3.63) is 47.5 Å². The van der Waals surface area contributed by atoms with Crippen LogP contribution in [0.15, 0.2) is 36.9 Å². The maximum Gasteiger partial charge on any atom is 0.218 e. The number of aliphatic hydroxyl groups is 2. The summed E-state index contributed by atoms with van der Waals surface area (Å²) in [6.07, 6.45) is -0.0969. The molecule has 0 bridgehead atoms. The fourth-order valence-corrected chi connectivity index (χ4v) is 2.40. The first kappa shape index (κ1) is 16.8. The Labute approximate surface area is 141 Å². The number of hydrogen-bond acceptors (Lipinski definition) is 4. The summed E-state index contributed by atoms with van der Waals surface area (Å²) in [5, 5.41) is 25.2. The minimum absolute atomic E-state index is 0.494. The number of aliphatic hydroxyl groups excluding tert-OH is 2. The Hall–Kier alpha value is -0.560. The fraction of sp³-hybridized carbons (Fsp3) is 0.333. The topological polar surface area (TPSA) is 71.2 Å². The molecule has 2 aromatic rings. The van der Waals surface area contributed by atoms with Gasteiger partial charge in [-0.05, 0) is 17.7 Å². The summed E-state index contributed by atoms with van der Waals surface area (Å²) in [5.74, 6) is 0. The largest absolute Gasteiger partial charge is 0.386 e. The van der Waals surface area contributed by atoms with E-state index < -0.39 is 22.0 Å². The monoisotopic (exact) mass is 369 g/mol. The maximum atomic E-state index is 10.5. The molecule has 1 heterocycles. The molecule has 1 aromatic carbocycles. The molecule has 3 unspecified atom stereocenters. The van der Waals surface area contributed by atoms with Gasteiger partial charge in [0.1, 0.15) is 30.9 Å². The van der Waals surface area contributed by atoms with Crippen molar-refractivity contribution in [2.75, 3.05) is 0 Å². The standard InChI is InChI=1S/C12H11Cl4N3O2/c13-8-3-1-7(2-4-8)10(20)9(11(21)12(14,15)16)19-6-17-5-18-19/h1-6,9-11,20-21H. The molecule has 3 atom stereocenters. The second-order valence-corrected chi connectivity index (χ2v) is 7.15.